The molecule has 1 unspecified atom stereocenters. The van der Waals surface area contributed by atoms with Crippen LogP contribution in [0.1, 0.15) is 37.8 Å². The van der Waals surface area contributed by atoms with Crippen LogP contribution in [0.4, 0.5) is 0 Å². The molecule has 3 rings (SSSR count). The van der Waals surface area contributed by atoms with Gasteiger partial charge in [-0.15, -0.1) is 0 Å². The van der Waals surface area contributed by atoms with E-state index < -0.39 is 17.9 Å². The lowest BCUT2D eigenvalue weighted by Gasteiger charge is -2.18. The van der Waals surface area contributed by atoms with E-state index in [4.69, 9.17) is 30.5 Å². The fourth-order valence-electron chi connectivity index (χ4n) is 4.10. The van der Waals surface area contributed by atoms with E-state index in [0.717, 1.165) is 38.8 Å². The van der Waals surface area contributed by atoms with Crippen molar-refractivity contribution in [3.8, 4) is 11.5 Å². The second-order valence-electron chi connectivity index (χ2n) is 9.15. The molecule has 0 aliphatic rings. The van der Waals surface area contributed by atoms with Crippen LogP contribution in [0.2, 0.25) is 5.02 Å². The van der Waals surface area contributed by atoms with Gasteiger partial charge in [0, 0.05) is 9.92 Å². The molecule has 0 saturated heterocycles. The predicted octanol–water partition coefficient (Wildman–Crippen LogP) is 7.39. The number of esters is 2. The molecule has 0 amide bonds. The molecular weight excluding hydrogens is 536 g/mol. The molecule has 3 aromatic carbocycles. The van der Waals surface area contributed by atoms with Gasteiger partial charge in [-0.3, -0.25) is 9.59 Å². The number of halogens is 1. The van der Waals surface area contributed by atoms with Crippen LogP contribution in [0.15, 0.2) is 76.5 Å². The maximum Gasteiger partial charge on any atom is 0.320 e. The molecule has 0 aliphatic heterocycles. The monoisotopic (exact) mass is 570 g/mol. The second-order valence-corrected chi connectivity index (χ2v) is 10.7. The Balaban J connectivity index is 1.67. The molecule has 8 heteroatoms. The van der Waals surface area contributed by atoms with Crippen LogP contribution >= 0.6 is 23.4 Å². The molecule has 0 N–H and O–H groups in total. The van der Waals surface area contributed by atoms with Crippen molar-refractivity contribution < 1.29 is 28.5 Å². The first-order chi connectivity index (χ1) is 18.8. The minimum Gasteiger partial charge on any atom is -0.494 e. The normalized spacial score (nSPS) is 11.6. The summed E-state index contributed by atoms with van der Waals surface area (Å²) in [5, 5.41) is 0.664. The molecule has 0 radical (unpaired) electrons. The quantitative estimate of drug-likeness (QED) is 0.148. The van der Waals surface area contributed by atoms with E-state index in [9.17, 15) is 9.59 Å². The Morgan fingerprint density at radius 3 is 2.28 bits per heavy atom. The summed E-state index contributed by atoms with van der Waals surface area (Å²) in [6.07, 6.45) is 1.82. The Morgan fingerprint density at radius 2 is 1.64 bits per heavy atom. The number of ether oxygens (including phenoxy) is 4. The molecule has 0 bridgehead atoms. The van der Waals surface area contributed by atoms with Gasteiger partial charge in [0.2, 0.25) is 0 Å². The number of rotatable bonds is 14. The van der Waals surface area contributed by atoms with Crippen LogP contribution in [0, 0.1) is 11.8 Å². The van der Waals surface area contributed by atoms with Gasteiger partial charge in [0.25, 0.3) is 0 Å². The first kappa shape index (κ1) is 30.4. The molecule has 208 valence electrons. The third-order valence-corrected chi connectivity index (χ3v) is 7.61. The summed E-state index contributed by atoms with van der Waals surface area (Å²) in [6.45, 7) is 5.00. The summed E-state index contributed by atoms with van der Waals surface area (Å²) in [6, 6.07) is 21.9. The van der Waals surface area contributed by atoms with Gasteiger partial charge in [0.05, 0.1) is 25.7 Å². The van der Waals surface area contributed by atoms with Gasteiger partial charge in [-0.2, -0.15) is 0 Å². The van der Waals surface area contributed by atoms with E-state index in [1.165, 1.54) is 14.2 Å². The first-order valence-electron chi connectivity index (χ1n) is 12.9. The number of benzene rings is 3. The highest BCUT2D eigenvalue weighted by molar-refractivity contribution is 7.99. The summed E-state index contributed by atoms with van der Waals surface area (Å²) in [7, 11) is 2.54. The Kier molecular flexibility index (Phi) is 12.0. The highest BCUT2D eigenvalue weighted by Gasteiger charge is 2.30. The van der Waals surface area contributed by atoms with Crippen molar-refractivity contribution in [2.24, 2.45) is 11.8 Å². The third-order valence-electron chi connectivity index (χ3n) is 6.23. The zero-order valence-electron chi connectivity index (χ0n) is 22.8. The van der Waals surface area contributed by atoms with Crippen LogP contribution in [-0.2, 0) is 32.1 Å². The zero-order valence-corrected chi connectivity index (χ0v) is 24.3. The number of carbonyl (C=O) groups excluding carboxylic acids is 2. The summed E-state index contributed by atoms with van der Waals surface area (Å²) in [5.41, 5.74) is 2.10. The molecule has 0 aliphatic carbocycles. The maximum absolute atomic E-state index is 12.0. The molecule has 6 nitrogen and oxygen atoms in total. The van der Waals surface area contributed by atoms with Gasteiger partial charge in [0.15, 0.2) is 5.92 Å². The van der Waals surface area contributed by atoms with E-state index in [2.05, 4.69) is 0 Å². The van der Waals surface area contributed by atoms with Crippen LogP contribution in [0.5, 0.6) is 11.5 Å². The Labute approximate surface area is 239 Å². The predicted molar refractivity (Wildman–Crippen MR) is 154 cm³/mol. The van der Waals surface area contributed by atoms with Gasteiger partial charge < -0.3 is 18.9 Å². The van der Waals surface area contributed by atoms with Crippen LogP contribution in [0.3, 0.4) is 0 Å². The van der Waals surface area contributed by atoms with Gasteiger partial charge in [0.1, 0.15) is 18.1 Å². The highest BCUT2D eigenvalue weighted by atomic mass is 35.5. The molecule has 0 saturated carbocycles. The fraction of sp³-hybridized carbons (Fsp3) is 0.355. The van der Waals surface area contributed by atoms with E-state index in [0.29, 0.717) is 31.1 Å². The van der Waals surface area contributed by atoms with Gasteiger partial charge >= 0.3 is 11.9 Å². The van der Waals surface area contributed by atoms with Gasteiger partial charge in [-0.25, -0.2) is 0 Å². The lowest BCUT2D eigenvalue weighted by Crippen LogP contribution is -2.28. The second kappa shape index (κ2) is 15.4. The summed E-state index contributed by atoms with van der Waals surface area (Å²) < 4.78 is 21.4. The average Bonchev–Trinajstić information content (AvgIpc) is 2.95. The molecule has 39 heavy (non-hydrogen) atoms. The molecule has 0 fully saturated rings. The highest BCUT2D eigenvalue weighted by Crippen LogP contribution is 2.39. The maximum atomic E-state index is 12.0. The van der Waals surface area contributed by atoms with E-state index in [1.54, 1.807) is 11.8 Å². The smallest absolute Gasteiger partial charge is 0.320 e. The summed E-state index contributed by atoms with van der Waals surface area (Å²) >= 11 is 8.24. The molecular formula is C31H35ClO6S. The Morgan fingerprint density at radius 1 is 0.923 bits per heavy atom. The van der Waals surface area contributed by atoms with Crippen LogP contribution < -0.4 is 9.47 Å². The number of carbonyl (C=O) groups is 2. The number of hydrogen-bond donors (Lipinski definition) is 0. The Bertz CT molecular complexity index is 1220. The minimum absolute atomic E-state index is 0.0870. The standard InChI is InChI=1S/C31H35ClO6S/c1-5-37-24-14-16-28(38-20-22-9-7-6-8-10-22)29(18-24)39-25-15-13-23(27(32)19-25)12-11-21(2)17-26(30(33)35-3)31(34)36-4/h6-10,13-16,18-19,21,26H,5,11-12,17,20H2,1-4H3. The van der Waals surface area contributed by atoms with Gasteiger partial charge in [-0.05, 0) is 73.6 Å². The fourth-order valence-corrected chi connectivity index (χ4v) is 5.40. The largest absolute Gasteiger partial charge is 0.494 e. The topological polar surface area (TPSA) is 71.1 Å². The lowest BCUT2D eigenvalue weighted by atomic mass is 9.91. The van der Waals surface area contributed by atoms with E-state index in [-0.39, 0.29) is 5.92 Å². The van der Waals surface area contributed by atoms with Crippen molar-refractivity contribution in [3.05, 3.63) is 82.9 Å². The van der Waals surface area contributed by atoms with Crippen LogP contribution in [-0.4, -0.2) is 32.8 Å². The van der Waals surface area contributed by atoms with Crippen molar-refractivity contribution >= 4 is 35.3 Å². The third kappa shape index (κ3) is 9.22. The van der Waals surface area contributed by atoms with Crippen molar-refractivity contribution in [1.82, 2.24) is 0 Å². The summed E-state index contributed by atoms with van der Waals surface area (Å²) in [4.78, 5) is 25.9. The minimum atomic E-state index is -0.921. The number of aryl methyl sites for hydroxylation is 1. The summed E-state index contributed by atoms with van der Waals surface area (Å²) in [5.74, 6) is -0.436. The van der Waals surface area contributed by atoms with Crippen molar-refractivity contribution in [2.75, 3.05) is 20.8 Å². The van der Waals surface area contributed by atoms with E-state index in [1.807, 2.05) is 80.6 Å². The molecule has 1 atom stereocenters. The van der Waals surface area contributed by atoms with Crippen molar-refractivity contribution in [1.29, 1.82) is 0 Å². The lowest BCUT2D eigenvalue weighted by molar-refractivity contribution is -0.159. The molecule has 0 aromatic heterocycles. The zero-order chi connectivity index (χ0) is 28.2. The molecule has 0 spiro atoms. The van der Waals surface area contributed by atoms with Crippen molar-refractivity contribution in [3.63, 3.8) is 0 Å². The first-order valence-corrected chi connectivity index (χ1v) is 14.1. The Hall–Kier alpha value is -3.16. The molecule has 0 heterocycles. The van der Waals surface area contributed by atoms with Crippen LogP contribution in [0.25, 0.3) is 0 Å². The van der Waals surface area contributed by atoms with Gasteiger partial charge in [-0.1, -0.05) is 66.7 Å². The average molecular weight is 571 g/mol. The van der Waals surface area contributed by atoms with Crippen molar-refractivity contribution in [2.45, 2.75) is 49.5 Å². The number of methoxy groups -OCH3 is 2. The number of hydrogen-bond acceptors (Lipinski definition) is 7. The SMILES string of the molecule is CCOc1ccc(OCc2ccccc2)c(Sc2ccc(CCC(C)CC(C(=O)OC)C(=O)OC)c(Cl)c2)c1. The molecule has 3 aromatic rings. The van der Waals surface area contributed by atoms with E-state index >= 15 is 0 Å².